The SMILES string of the molecule is CCc1ccc(CC(CC2CN(C)CCN2C)NC)nc1. The van der Waals surface area contributed by atoms with Gasteiger partial charge in [-0.05, 0) is 45.6 Å². The molecule has 1 aliphatic rings. The number of pyridine rings is 1. The predicted molar refractivity (Wildman–Crippen MR) is 88.7 cm³/mol. The van der Waals surface area contributed by atoms with E-state index in [-0.39, 0.29) is 0 Å². The van der Waals surface area contributed by atoms with Gasteiger partial charge < -0.3 is 15.1 Å². The van der Waals surface area contributed by atoms with E-state index in [9.17, 15) is 0 Å². The highest BCUT2D eigenvalue weighted by molar-refractivity contribution is 5.14. The molecule has 2 unspecified atom stereocenters. The van der Waals surface area contributed by atoms with Crippen molar-refractivity contribution in [3.8, 4) is 0 Å². The largest absolute Gasteiger partial charge is 0.317 e. The molecule has 0 radical (unpaired) electrons. The normalized spacial score (nSPS) is 22.4. The Morgan fingerprint density at radius 3 is 2.76 bits per heavy atom. The smallest absolute Gasteiger partial charge is 0.0419 e. The maximum atomic E-state index is 4.60. The zero-order valence-electron chi connectivity index (χ0n) is 14.0. The zero-order valence-corrected chi connectivity index (χ0v) is 14.0. The summed E-state index contributed by atoms with van der Waals surface area (Å²) in [5.74, 6) is 0. The molecular formula is C17H30N4. The Labute approximate surface area is 129 Å². The monoisotopic (exact) mass is 290 g/mol. The molecule has 1 aromatic heterocycles. The van der Waals surface area contributed by atoms with E-state index in [1.165, 1.54) is 30.8 Å². The molecule has 2 rings (SSSR count). The van der Waals surface area contributed by atoms with Gasteiger partial charge in [0.1, 0.15) is 0 Å². The summed E-state index contributed by atoms with van der Waals surface area (Å²) < 4.78 is 0. The lowest BCUT2D eigenvalue weighted by Gasteiger charge is -2.39. The van der Waals surface area contributed by atoms with E-state index in [1.807, 2.05) is 6.20 Å². The Hall–Kier alpha value is -0.970. The molecule has 2 heterocycles. The van der Waals surface area contributed by atoms with Gasteiger partial charge in [0.15, 0.2) is 0 Å². The summed E-state index contributed by atoms with van der Waals surface area (Å²) in [6.45, 7) is 5.68. The van der Waals surface area contributed by atoms with Gasteiger partial charge in [0.05, 0.1) is 0 Å². The summed E-state index contributed by atoms with van der Waals surface area (Å²) in [5.41, 5.74) is 2.51. The van der Waals surface area contributed by atoms with E-state index < -0.39 is 0 Å². The summed E-state index contributed by atoms with van der Waals surface area (Å²) in [6, 6.07) is 5.51. The molecule has 0 saturated carbocycles. The fraction of sp³-hybridized carbons (Fsp3) is 0.706. The van der Waals surface area contributed by atoms with Gasteiger partial charge in [-0.15, -0.1) is 0 Å². The highest BCUT2D eigenvalue weighted by Gasteiger charge is 2.24. The second kappa shape index (κ2) is 7.87. The van der Waals surface area contributed by atoms with Crippen LogP contribution in [0.25, 0.3) is 0 Å². The van der Waals surface area contributed by atoms with Crippen molar-refractivity contribution in [2.45, 2.75) is 38.3 Å². The maximum Gasteiger partial charge on any atom is 0.0419 e. The van der Waals surface area contributed by atoms with Crippen LogP contribution in [0.3, 0.4) is 0 Å². The van der Waals surface area contributed by atoms with Crippen LogP contribution in [0.5, 0.6) is 0 Å². The van der Waals surface area contributed by atoms with Crippen LogP contribution in [0.2, 0.25) is 0 Å². The van der Waals surface area contributed by atoms with E-state index in [4.69, 9.17) is 0 Å². The Kier molecular flexibility index (Phi) is 6.15. The third-order valence-corrected chi connectivity index (χ3v) is 4.69. The summed E-state index contributed by atoms with van der Waals surface area (Å²) in [5, 5.41) is 3.48. The van der Waals surface area contributed by atoms with Crippen LogP contribution in [-0.4, -0.2) is 67.6 Å². The van der Waals surface area contributed by atoms with Crippen LogP contribution in [-0.2, 0) is 12.8 Å². The number of rotatable bonds is 6. The van der Waals surface area contributed by atoms with Crippen LogP contribution < -0.4 is 5.32 Å². The van der Waals surface area contributed by atoms with Crippen molar-refractivity contribution in [3.05, 3.63) is 29.6 Å². The van der Waals surface area contributed by atoms with Gasteiger partial charge in [-0.1, -0.05) is 13.0 Å². The van der Waals surface area contributed by atoms with Crippen molar-refractivity contribution in [1.29, 1.82) is 0 Å². The van der Waals surface area contributed by atoms with E-state index in [0.717, 1.165) is 19.4 Å². The molecule has 0 bridgehead atoms. The highest BCUT2D eigenvalue weighted by atomic mass is 15.3. The second-order valence-corrected chi connectivity index (χ2v) is 6.33. The third-order valence-electron chi connectivity index (χ3n) is 4.69. The second-order valence-electron chi connectivity index (χ2n) is 6.33. The Balaban J connectivity index is 1.92. The zero-order chi connectivity index (χ0) is 15.2. The number of aryl methyl sites for hydroxylation is 1. The number of piperazine rings is 1. The van der Waals surface area contributed by atoms with Gasteiger partial charge >= 0.3 is 0 Å². The van der Waals surface area contributed by atoms with Gasteiger partial charge in [-0.25, -0.2) is 0 Å². The third kappa shape index (κ3) is 4.77. The molecule has 2 atom stereocenters. The average molecular weight is 290 g/mol. The average Bonchev–Trinajstić information content (AvgIpc) is 2.51. The number of nitrogens with zero attached hydrogens (tertiary/aromatic N) is 3. The number of likely N-dealkylation sites (N-methyl/N-ethyl adjacent to an activating group) is 3. The molecule has 1 aromatic rings. The van der Waals surface area contributed by atoms with Crippen LogP contribution >= 0.6 is 0 Å². The molecule has 1 aliphatic heterocycles. The van der Waals surface area contributed by atoms with Crippen molar-refractivity contribution in [2.24, 2.45) is 0 Å². The van der Waals surface area contributed by atoms with Crippen LogP contribution in [0, 0.1) is 0 Å². The van der Waals surface area contributed by atoms with Crippen LogP contribution in [0.1, 0.15) is 24.6 Å². The lowest BCUT2D eigenvalue weighted by Crippen LogP contribution is -2.52. The molecule has 1 fully saturated rings. The number of hydrogen-bond donors (Lipinski definition) is 1. The van der Waals surface area contributed by atoms with E-state index in [0.29, 0.717) is 12.1 Å². The summed E-state index contributed by atoms with van der Waals surface area (Å²) in [7, 11) is 6.54. The first-order valence-corrected chi connectivity index (χ1v) is 8.12. The molecule has 4 heteroatoms. The molecule has 118 valence electrons. The van der Waals surface area contributed by atoms with E-state index in [2.05, 4.69) is 60.3 Å². The van der Waals surface area contributed by atoms with Gasteiger partial charge in [0.2, 0.25) is 0 Å². The molecule has 0 aliphatic carbocycles. The first-order valence-electron chi connectivity index (χ1n) is 8.12. The first kappa shape index (κ1) is 16.4. The summed E-state index contributed by atoms with van der Waals surface area (Å²) >= 11 is 0. The molecule has 0 spiro atoms. The van der Waals surface area contributed by atoms with Crippen LogP contribution in [0.15, 0.2) is 18.3 Å². The first-order chi connectivity index (χ1) is 10.1. The van der Waals surface area contributed by atoms with Crippen molar-refractivity contribution in [3.63, 3.8) is 0 Å². The fourth-order valence-corrected chi connectivity index (χ4v) is 3.03. The minimum Gasteiger partial charge on any atom is -0.317 e. The maximum absolute atomic E-state index is 4.60. The summed E-state index contributed by atoms with van der Waals surface area (Å²) in [4.78, 5) is 9.53. The van der Waals surface area contributed by atoms with Gasteiger partial charge in [-0.2, -0.15) is 0 Å². The molecular weight excluding hydrogens is 260 g/mol. The summed E-state index contributed by atoms with van der Waals surface area (Å²) in [6.07, 6.45) is 5.26. The number of nitrogens with one attached hydrogen (secondary N) is 1. The quantitative estimate of drug-likeness (QED) is 0.858. The Morgan fingerprint density at radius 2 is 2.14 bits per heavy atom. The van der Waals surface area contributed by atoms with Crippen molar-refractivity contribution in [1.82, 2.24) is 20.1 Å². The Morgan fingerprint density at radius 1 is 1.33 bits per heavy atom. The lowest BCUT2D eigenvalue weighted by molar-refractivity contribution is 0.101. The molecule has 0 amide bonds. The molecule has 1 saturated heterocycles. The molecule has 0 aromatic carbocycles. The number of hydrogen-bond acceptors (Lipinski definition) is 4. The predicted octanol–water partition coefficient (Wildman–Crippen LogP) is 1.41. The molecule has 1 N–H and O–H groups in total. The minimum absolute atomic E-state index is 0.490. The Bertz CT molecular complexity index is 417. The topological polar surface area (TPSA) is 31.4 Å². The van der Waals surface area contributed by atoms with E-state index >= 15 is 0 Å². The number of aromatic nitrogens is 1. The lowest BCUT2D eigenvalue weighted by atomic mass is 9.99. The van der Waals surface area contributed by atoms with Crippen molar-refractivity contribution in [2.75, 3.05) is 40.8 Å². The molecule has 21 heavy (non-hydrogen) atoms. The highest BCUT2D eigenvalue weighted by Crippen LogP contribution is 2.14. The standard InChI is InChI=1S/C17H30N4/c1-5-14-6-7-15(19-12-14)10-16(18-2)11-17-13-20(3)8-9-21(17)4/h6-7,12,16-18H,5,8-11,13H2,1-4H3. The van der Waals surface area contributed by atoms with Crippen molar-refractivity contribution >= 4 is 0 Å². The molecule has 4 nitrogen and oxygen atoms in total. The van der Waals surface area contributed by atoms with Gasteiger partial charge in [0.25, 0.3) is 0 Å². The fourth-order valence-electron chi connectivity index (χ4n) is 3.03. The minimum atomic E-state index is 0.490. The van der Waals surface area contributed by atoms with E-state index in [1.54, 1.807) is 0 Å². The van der Waals surface area contributed by atoms with Crippen LogP contribution in [0.4, 0.5) is 0 Å². The van der Waals surface area contributed by atoms with Gasteiger partial charge in [-0.3, -0.25) is 4.98 Å². The van der Waals surface area contributed by atoms with Crippen molar-refractivity contribution < 1.29 is 0 Å². The van der Waals surface area contributed by atoms with Gasteiger partial charge in [0, 0.05) is 50.0 Å².